The van der Waals surface area contributed by atoms with Gasteiger partial charge in [-0.15, -0.1) is 0 Å². The summed E-state index contributed by atoms with van der Waals surface area (Å²) in [5, 5.41) is 20.7. The van der Waals surface area contributed by atoms with E-state index in [9.17, 15) is 19.2 Å². The topological polar surface area (TPSA) is 130 Å². The van der Waals surface area contributed by atoms with E-state index < -0.39 is 35.6 Å². The third kappa shape index (κ3) is 8.19. The van der Waals surface area contributed by atoms with Crippen molar-refractivity contribution in [3.8, 4) is 0 Å². The normalized spacial score (nSPS) is 14.3. The highest BCUT2D eigenvalue weighted by molar-refractivity contribution is 7.99. The Morgan fingerprint density at radius 3 is 2.04 bits per heavy atom. The number of carboxylic acids is 2. The van der Waals surface area contributed by atoms with E-state index in [2.05, 4.69) is 5.32 Å². The van der Waals surface area contributed by atoms with Crippen LogP contribution >= 0.6 is 11.8 Å². The number of ether oxygens (including phenoxy) is 1. The van der Waals surface area contributed by atoms with Gasteiger partial charge in [0.15, 0.2) is 0 Å². The van der Waals surface area contributed by atoms with E-state index in [4.69, 9.17) is 14.9 Å². The highest BCUT2D eigenvalue weighted by Gasteiger charge is 2.37. The van der Waals surface area contributed by atoms with Crippen LogP contribution in [0, 0.1) is 17.8 Å². The second-order valence-corrected chi connectivity index (χ2v) is 6.46. The predicted octanol–water partition coefficient (Wildman–Crippen LogP) is 0.847. The molecular weight excluding hydrogens is 338 g/mol. The van der Waals surface area contributed by atoms with E-state index >= 15 is 0 Å². The standard InChI is InChI=1S/C15H25NO7S/c1-4-23-11(17)5-7-24-8-6-16-13(18)12(9(2)14(19)20)10(3)15(21)22/h9-10,12H,4-8H2,1-3H3,(H,16,18)(H,19,20)(H,21,22). The Morgan fingerprint density at radius 1 is 1.04 bits per heavy atom. The molecule has 0 radical (unpaired) electrons. The van der Waals surface area contributed by atoms with Gasteiger partial charge in [0.05, 0.1) is 30.8 Å². The summed E-state index contributed by atoms with van der Waals surface area (Å²) in [5.74, 6) is -5.58. The first kappa shape index (κ1) is 22.2. The van der Waals surface area contributed by atoms with Gasteiger partial charge in [-0.05, 0) is 6.92 Å². The lowest BCUT2D eigenvalue weighted by Crippen LogP contribution is -2.43. The number of rotatable bonds is 12. The number of carboxylic acid groups (broad SMARTS) is 2. The summed E-state index contributed by atoms with van der Waals surface area (Å²) in [6, 6.07) is 0. The van der Waals surface area contributed by atoms with Crippen molar-refractivity contribution in [1.82, 2.24) is 5.32 Å². The lowest BCUT2D eigenvalue weighted by atomic mass is 9.82. The summed E-state index contributed by atoms with van der Waals surface area (Å²) in [6.45, 7) is 4.97. The van der Waals surface area contributed by atoms with E-state index in [-0.39, 0.29) is 18.9 Å². The Balaban J connectivity index is 4.31. The van der Waals surface area contributed by atoms with Crippen molar-refractivity contribution in [2.24, 2.45) is 17.8 Å². The third-order valence-corrected chi connectivity index (χ3v) is 4.45. The van der Waals surface area contributed by atoms with Gasteiger partial charge in [0.2, 0.25) is 5.91 Å². The fraction of sp³-hybridized carbons (Fsp3) is 0.733. The van der Waals surface area contributed by atoms with Crippen LogP contribution in [0.4, 0.5) is 0 Å². The Kier molecular flexibility index (Phi) is 10.9. The summed E-state index contributed by atoms with van der Waals surface area (Å²) in [5.41, 5.74) is 0. The average molecular weight is 363 g/mol. The SMILES string of the molecule is CCOC(=O)CCSCCNC(=O)C(C(C)C(=O)O)C(C)C(=O)O. The number of nitrogens with one attached hydrogen (secondary N) is 1. The summed E-state index contributed by atoms with van der Waals surface area (Å²) < 4.78 is 4.78. The molecule has 0 aliphatic heterocycles. The molecule has 0 aromatic heterocycles. The Hall–Kier alpha value is -1.77. The van der Waals surface area contributed by atoms with Gasteiger partial charge in [-0.2, -0.15) is 11.8 Å². The van der Waals surface area contributed by atoms with Gasteiger partial charge >= 0.3 is 17.9 Å². The highest BCUT2D eigenvalue weighted by Crippen LogP contribution is 2.22. The van der Waals surface area contributed by atoms with Crippen molar-refractivity contribution in [1.29, 1.82) is 0 Å². The number of carbonyl (C=O) groups excluding carboxylic acids is 2. The number of hydrogen-bond donors (Lipinski definition) is 3. The predicted molar refractivity (Wildman–Crippen MR) is 88.7 cm³/mol. The molecule has 0 spiro atoms. The summed E-state index contributed by atoms with van der Waals surface area (Å²) in [7, 11) is 0. The second-order valence-electron chi connectivity index (χ2n) is 5.24. The van der Waals surface area contributed by atoms with E-state index in [1.54, 1.807) is 6.92 Å². The first-order chi connectivity index (χ1) is 11.2. The molecule has 0 bridgehead atoms. The molecule has 8 nitrogen and oxygen atoms in total. The Bertz CT molecular complexity index is 435. The second kappa shape index (κ2) is 11.7. The molecule has 0 saturated carbocycles. The van der Waals surface area contributed by atoms with Crippen LogP contribution in [-0.4, -0.2) is 58.7 Å². The van der Waals surface area contributed by atoms with Gasteiger partial charge in [0.25, 0.3) is 0 Å². The molecule has 2 unspecified atom stereocenters. The number of carbonyl (C=O) groups is 4. The van der Waals surface area contributed by atoms with Gasteiger partial charge in [0, 0.05) is 18.1 Å². The zero-order valence-electron chi connectivity index (χ0n) is 14.1. The lowest BCUT2D eigenvalue weighted by Gasteiger charge is -2.23. The number of aliphatic carboxylic acids is 2. The minimum Gasteiger partial charge on any atom is -0.481 e. The molecule has 0 aromatic rings. The molecule has 138 valence electrons. The highest BCUT2D eigenvalue weighted by atomic mass is 32.2. The first-order valence-corrected chi connectivity index (χ1v) is 8.84. The van der Waals surface area contributed by atoms with Crippen molar-refractivity contribution in [3.63, 3.8) is 0 Å². The Morgan fingerprint density at radius 2 is 1.58 bits per heavy atom. The number of hydrogen-bond acceptors (Lipinski definition) is 6. The minimum absolute atomic E-state index is 0.265. The van der Waals surface area contributed by atoms with Gasteiger partial charge in [-0.3, -0.25) is 19.2 Å². The maximum atomic E-state index is 12.1. The largest absolute Gasteiger partial charge is 0.481 e. The first-order valence-electron chi connectivity index (χ1n) is 7.69. The molecule has 0 aromatic carbocycles. The zero-order chi connectivity index (χ0) is 18.7. The quantitative estimate of drug-likeness (QED) is 0.344. The van der Waals surface area contributed by atoms with Crippen LogP contribution < -0.4 is 5.32 Å². The molecule has 0 saturated heterocycles. The van der Waals surface area contributed by atoms with Crippen LogP contribution in [0.1, 0.15) is 27.2 Å². The van der Waals surface area contributed by atoms with Gasteiger partial charge in [0.1, 0.15) is 0 Å². The molecule has 9 heteroatoms. The molecule has 0 rings (SSSR count). The van der Waals surface area contributed by atoms with Gasteiger partial charge in [-0.25, -0.2) is 0 Å². The maximum Gasteiger partial charge on any atom is 0.307 e. The van der Waals surface area contributed by atoms with Crippen LogP contribution in [0.2, 0.25) is 0 Å². The fourth-order valence-electron chi connectivity index (χ4n) is 2.05. The fourth-order valence-corrected chi connectivity index (χ4v) is 2.81. The van der Waals surface area contributed by atoms with Gasteiger partial charge < -0.3 is 20.3 Å². The number of esters is 1. The maximum absolute atomic E-state index is 12.1. The van der Waals surface area contributed by atoms with E-state index in [1.165, 1.54) is 25.6 Å². The van der Waals surface area contributed by atoms with E-state index in [0.717, 1.165) is 0 Å². The minimum atomic E-state index is -1.22. The monoisotopic (exact) mass is 363 g/mol. The van der Waals surface area contributed by atoms with Crippen LogP contribution in [0.25, 0.3) is 0 Å². The molecule has 3 N–H and O–H groups in total. The van der Waals surface area contributed by atoms with Crippen LogP contribution in [0.15, 0.2) is 0 Å². The van der Waals surface area contributed by atoms with Crippen LogP contribution in [0.3, 0.4) is 0 Å². The average Bonchev–Trinajstić information content (AvgIpc) is 2.50. The van der Waals surface area contributed by atoms with Crippen LogP contribution in [0.5, 0.6) is 0 Å². The van der Waals surface area contributed by atoms with Crippen molar-refractivity contribution < 1.29 is 34.1 Å². The van der Waals surface area contributed by atoms with Crippen molar-refractivity contribution >= 4 is 35.6 Å². The molecular formula is C15H25NO7S. The number of amides is 1. The molecule has 2 atom stereocenters. The third-order valence-electron chi connectivity index (χ3n) is 3.46. The summed E-state index contributed by atoms with van der Waals surface area (Å²) in [4.78, 5) is 45.4. The van der Waals surface area contributed by atoms with Gasteiger partial charge in [-0.1, -0.05) is 13.8 Å². The summed E-state index contributed by atoms with van der Waals surface area (Å²) >= 11 is 1.44. The molecule has 0 heterocycles. The van der Waals surface area contributed by atoms with E-state index in [1.807, 2.05) is 0 Å². The Labute approximate surface area is 145 Å². The van der Waals surface area contributed by atoms with Crippen molar-refractivity contribution in [3.05, 3.63) is 0 Å². The zero-order valence-corrected chi connectivity index (χ0v) is 14.9. The number of thioether (sulfide) groups is 1. The molecule has 0 fully saturated rings. The molecule has 0 aliphatic carbocycles. The molecule has 1 amide bonds. The van der Waals surface area contributed by atoms with Crippen LogP contribution in [-0.2, 0) is 23.9 Å². The smallest absolute Gasteiger partial charge is 0.307 e. The lowest BCUT2D eigenvalue weighted by molar-refractivity contribution is -0.153. The molecule has 24 heavy (non-hydrogen) atoms. The van der Waals surface area contributed by atoms with Crippen molar-refractivity contribution in [2.45, 2.75) is 27.2 Å². The van der Waals surface area contributed by atoms with E-state index in [0.29, 0.717) is 18.1 Å². The summed E-state index contributed by atoms with van der Waals surface area (Å²) in [6.07, 6.45) is 0.279. The van der Waals surface area contributed by atoms with Crippen molar-refractivity contribution in [2.75, 3.05) is 24.7 Å². The molecule has 0 aliphatic rings.